The van der Waals surface area contributed by atoms with Gasteiger partial charge in [0.05, 0.1) is 7.05 Å². The predicted molar refractivity (Wildman–Crippen MR) is 110 cm³/mol. The highest BCUT2D eigenvalue weighted by molar-refractivity contribution is 9.10. The number of likely N-dealkylation sites (N-methyl/N-ethyl adjacent to an activating group) is 1. The third kappa shape index (κ3) is 6.72. The van der Waals surface area contributed by atoms with E-state index in [4.69, 9.17) is 0 Å². The van der Waals surface area contributed by atoms with Gasteiger partial charge in [-0.25, -0.2) is 0 Å². The number of anilines is 1. The number of carbonyl (C=O) groups is 2. The molecule has 2 amide bonds. The van der Waals surface area contributed by atoms with Crippen molar-refractivity contribution in [1.82, 2.24) is 4.90 Å². The molecule has 0 saturated heterocycles. The SMILES string of the molecule is CC[C@@H](C)N(C(=O)C[NH+](C)CC(=O)Nc1ccc(Br)cc1C)[C@@H](C)CC. The van der Waals surface area contributed by atoms with Crippen LogP contribution in [0.3, 0.4) is 0 Å². The lowest BCUT2D eigenvalue weighted by Gasteiger charge is -2.34. The Hall–Kier alpha value is -1.40. The second-order valence-electron chi connectivity index (χ2n) is 7.13. The van der Waals surface area contributed by atoms with Gasteiger partial charge in [-0.2, -0.15) is 0 Å². The summed E-state index contributed by atoms with van der Waals surface area (Å²) in [5, 5.41) is 2.93. The van der Waals surface area contributed by atoms with Crippen molar-refractivity contribution in [2.24, 2.45) is 0 Å². The molecule has 3 atom stereocenters. The maximum atomic E-state index is 12.8. The molecular formula is C20H33BrN3O2+. The quantitative estimate of drug-likeness (QED) is 0.637. The molecule has 0 heterocycles. The van der Waals surface area contributed by atoms with E-state index in [0.29, 0.717) is 6.54 Å². The molecule has 0 aliphatic carbocycles. The van der Waals surface area contributed by atoms with Crippen LogP contribution >= 0.6 is 15.9 Å². The Labute approximate surface area is 166 Å². The van der Waals surface area contributed by atoms with Crippen molar-refractivity contribution >= 4 is 33.4 Å². The van der Waals surface area contributed by atoms with Gasteiger partial charge in [0.25, 0.3) is 11.8 Å². The minimum absolute atomic E-state index is 0.0839. The van der Waals surface area contributed by atoms with Gasteiger partial charge in [0.15, 0.2) is 13.1 Å². The van der Waals surface area contributed by atoms with Crippen molar-refractivity contribution in [3.05, 3.63) is 28.2 Å². The second kappa shape index (κ2) is 10.7. The van der Waals surface area contributed by atoms with Crippen LogP contribution in [0, 0.1) is 6.92 Å². The number of nitrogens with one attached hydrogen (secondary N) is 2. The summed E-state index contributed by atoms with van der Waals surface area (Å²) in [5.74, 6) is 0.0261. The van der Waals surface area contributed by atoms with Crippen LogP contribution in [0.1, 0.15) is 46.1 Å². The number of halogens is 1. The van der Waals surface area contributed by atoms with Crippen molar-refractivity contribution in [2.45, 2.75) is 59.5 Å². The summed E-state index contributed by atoms with van der Waals surface area (Å²) in [6, 6.07) is 6.17. The van der Waals surface area contributed by atoms with Gasteiger partial charge in [-0.1, -0.05) is 29.8 Å². The smallest absolute Gasteiger partial charge is 0.279 e. The summed E-state index contributed by atoms with van der Waals surface area (Å²) >= 11 is 3.42. The van der Waals surface area contributed by atoms with Crippen LogP contribution in [-0.4, -0.2) is 48.9 Å². The highest BCUT2D eigenvalue weighted by atomic mass is 79.9. The number of amides is 2. The van der Waals surface area contributed by atoms with Gasteiger partial charge in [0.2, 0.25) is 0 Å². The van der Waals surface area contributed by atoms with E-state index >= 15 is 0 Å². The number of nitrogens with zero attached hydrogens (tertiary/aromatic N) is 1. The molecule has 1 aromatic carbocycles. The molecule has 0 saturated carbocycles. The number of rotatable bonds is 9. The Morgan fingerprint density at radius 2 is 1.73 bits per heavy atom. The van der Waals surface area contributed by atoms with Crippen LogP contribution in [0.15, 0.2) is 22.7 Å². The molecule has 1 unspecified atom stereocenters. The first kappa shape index (κ1) is 22.6. The van der Waals surface area contributed by atoms with Crippen molar-refractivity contribution in [1.29, 1.82) is 0 Å². The normalized spacial score (nSPS) is 14.4. The molecule has 0 aliphatic heterocycles. The third-order valence-electron chi connectivity index (χ3n) is 4.80. The molecule has 1 aromatic rings. The summed E-state index contributed by atoms with van der Waals surface area (Å²) in [6.07, 6.45) is 1.86. The maximum absolute atomic E-state index is 12.8. The Balaban J connectivity index is 2.64. The molecule has 0 bridgehead atoms. The summed E-state index contributed by atoms with van der Waals surface area (Å²) in [5.41, 5.74) is 1.80. The van der Waals surface area contributed by atoms with Gasteiger partial charge in [-0.3, -0.25) is 9.59 Å². The highest BCUT2D eigenvalue weighted by Crippen LogP contribution is 2.19. The molecule has 2 N–H and O–H groups in total. The lowest BCUT2D eigenvalue weighted by Crippen LogP contribution is -3.11. The Morgan fingerprint density at radius 1 is 1.15 bits per heavy atom. The molecular weight excluding hydrogens is 394 g/mol. The largest absolute Gasteiger partial charge is 0.332 e. The first-order valence-corrected chi connectivity index (χ1v) is 10.2. The van der Waals surface area contributed by atoms with Crippen molar-refractivity contribution in [3.63, 3.8) is 0 Å². The average molecular weight is 427 g/mol. The molecule has 26 heavy (non-hydrogen) atoms. The second-order valence-corrected chi connectivity index (χ2v) is 8.05. The van der Waals surface area contributed by atoms with E-state index in [1.165, 1.54) is 0 Å². The van der Waals surface area contributed by atoms with E-state index in [0.717, 1.165) is 33.5 Å². The number of hydrogen-bond donors (Lipinski definition) is 2. The first-order chi connectivity index (χ1) is 12.2. The number of aryl methyl sites for hydroxylation is 1. The summed E-state index contributed by atoms with van der Waals surface area (Å²) < 4.78 is 0.983. The zero-order chi connectivity index (χ0) is 19.9. The zero-order valence-electron chi connectivity index (χ0n) is 16.9. The van der Waals surface area contributed by atoms with Crippen LogP contribution in [0.2, 0.25) is 0 Å². The summed E-state index contributed by atoms with van der Waals surface area (Å²) in [6.45, 7) is 10.9. The molecule has 6 heteroatoms. The minimum Gasteiger partial charge on any atom is -0.332 e. The van der Waals surface area contributed by atoms with Crippen LogP contribution < -0.4 is 10.2 Å². The Kier molecular flexibility index (Phi) is 9.30. The van der Waals surface area contributed by atoms with Gasteiger partial charge < -0.3 is 15.1 Å². The molecule has 0 aliphatic rings. The zero-order valence-corrected chi connectivity index (χ0v) is 18.4. The molecule has 146 valence electrons. The molecule has 0 radical (unpaired) electrons. The lowest BCUT2D eigenvalue weighted by atomic mass is 10.1. The van der Waals surface area contributed by atoms with Gasteiger partial charge in [0, 0.05) is 22.2 Å². The van der Waals surface area contributed by atoms with Gasteiger partial charge >= 0.3 is 0 Å². The Bertz CT molecular complexity index is 611. The monoisotopic (exact) mass is 426 g/mol. The third-order valence-corrected chi connectivity index (χ3v) is 5.29. The number of benzene rings is 1. The number of quaternary nitrogens is 1. The standard InChI is InChI=1S/C20H32BrN3O2/c1-7-15(4)24(16(5)8-2)20(26)13-23(6)12-19(25)22-18-10-9-17(21)11-14(18)3/h9-11,15-16H,7-8,12-13H2,1-6H3,(H,22,25)/p+1/t15-,16+. The van der Waals surface area contributed by atoms with Crippen molar-refractivity contribution in [2.75, 3.05) is 25.5 Å². The van der Waals surface area contributed by atoms with E-state index in [1.54, 1.807) is 0 Å². The van der Waals surface area contributed by atoms with E-state index in [2.05, 4.69) is 48.9 Å². The summed E-state index contributed by atoms with van der Waals surface area (Å²) in [7, 11) is 1.89. The topological polar surface area (TPSA) is 53.9 Å². The van der Waals surface area contributed by atoms with Crippen molar-refractivity contribution < 1.29 is 14.5 Å². The fourth-order valence-corrected chi connectivity index (χ4v) is 3.44. The predicted octanol–water partition coefficient (Wildman–Crippen LogP) is 2.64. The van der Waals surface area contributed by atoms with E-state index in [9.17, 15) is 9.59 Å². The number of carbonyl (C=O) groups excluding carboxylic acids is 2. The number of hydrogen-bond acceptors (Lipinski definition) is 2. The fourth-order valence-electron chi connectivity index (χ4n) is 2.97. The first-order valence-electron chi connectivity index (χ1n) is 9.37. The highest BCUT2D eigenvalue weighted by Gasteiger charge is 2.26. The molecule has 5 nitrogen and oxygen atoms in total. The minimum atomic E-state index is -0.0839. The molecule has 1 rings (SSSR count). The maximum Gasteiger partial charge on any atom is 0.279 e. The molecule has 0 spiro atoms. The Morgan fingerprint density at radius 3 is 2.23 bits per heavy atom. The van der Waals surface area contributed by atoms with Crippen molar-refractivity contribution in [3.8, 4) is 0 Å². The van der Waals surface area contributed by atoms with Gasteiger partial charge in [-0.05, 0) is 57.4 Å². The van der Waals surface area contributed by atoms with Gasteiger partial charge in [-0.15, -0.1) is 0 Å². The van der Waals surface area contributed by atoms with E-state index in [1.807, 2.05) is 37.1 Å². The van der Waals surface area contributed by atoms with E-state index < -0.39 is 0 Å². The van der Waals surface area contributed by atoms with Gasteiger partial charge in [0.1, 0.15) is 0 Å². The fraction of sp³-hybridized carbons (Fsp3) is 0.600. The van der Waals surface area contributed by atoms with Crippen LogP contribution in [-0.2, 0) is 9.59 Å². The summed E-state index contributed by atoms with van der Waals surface area (Å²) in [4.78, 5) is 27.9. The molecule has 0 aromatic heterocycles. The average Bonchev–Trinajstić information content (AvgIpc) is 2.56. The van der Waals surface area contributed by atoms with Crippen LogP contribution in [0.5, 0.6) is 0 Å². The van der Waals surface area contributed by atoms with Crippen LogP contribution in [0.25, 0.3) is 0 Å². The molecule has 0 fully saturated rings. The van der Waals surface area contributed by atoms with E-state index in [-0.39, 0.29) is 30.4 Å². The lowest BCUT2D eigenvalue weighted by molar-refractivity contribution is -0.862. The van der Waals surface area contributed by atoms with Crippen LogP contribution in [0.4, 0.5) is 5.69 Å².